The van der Waals surface area contributed by atoms with Crippen LogP contribution in [-0.2, 0) is 13.5 Å². The fourth-order valence-electron chi connectivity index (χ4n) is 2.80. The number of aromatic nitrogens is 1. The first-order chi connectivity index (χ1) is 9.08. The number of hydrogen-bond donors (Lipinski definition) is 2. The predicted octanol–water partition coefficient (Wildman–Crippen LogP) is 2.43. The molecule has 0 bridgehead atoms. The monoisotopic (exact) mass is 263 g/mol. The molecule has 0 aromatic carbocycles. The molecule has 0 atom stereocenters. The second-order valence-electron chi connectivity index (χ2n) is 5.59. The highest BCUT2D eigenvalue weighted by molar-refractivity contribution is 5.74. The van der Waals surface area contributed by atoms with Crippen LogP contribution >= 0.6 is 0 Å². The molecule has 1 aromatic rings. The minimum Gasteiger partial charge on any atom is -0.352 e. The normalized spacial score (nSPS) is 15.7. The first-order valence-corrected chi connectivity index (χ1v) is 7.24. The van der Waals surface area contributed by atoms with Crippen LogP contribution in [0.1, 0.15) is 42.6 Å². The molecule has 0 radical (unpaired) electrons. The van der Waals surface area contributed by atoms with Crippen LogP contribution in [0.4, 0.5) is 4.79 Å². The molecule has 19 heavy (non-hydrogen) atoms. The largest absolute Gasteiger partial charge is 0.352 e. The van der Waals surface area contributed by atoms with Gasteiger partial charge in [-0.2, -0.15) is 0 Å². The van der Waals surface area contributed by atoms with Gasteiger partial charge < -0.3 is 15.2 Å². The minimum absolute atomic E-state index is 0.0165. The Bertz CT molecular complexity index is 444. The molecule has 1 aliphatic rings. The van der Waals surface area contributed by atoms with Gasteiger partial charge in [0.05, 0.1) is 0 Å². The third kappa shape index (κ3) is 3.52. The number of carbonyl (C=O) groups is 1. The van der Waals surface area contributed by atoms with Gasteiger partial charge in [0.15, 0.2) is 0 Å². The number of carbonyl (C=O) groups excluding carboxylic acids is 1. The van der Waals surface area contributed by atoms with Gasteiger partial charge in [0.25, 0.3) is 0 Å². The molecular formula is C15H25N3O. The molecule has 4 heteroatoms. The molecule has 1 fully saturated rings. The highest BCUT2D eigenvalue weighted by Gasteiger charge is 2.16. The van der Waals surface area contributed by atoms with Crippen molar-refractivity contribution in [1.29, 1.82) is 0 Å². The summed E-state index contributed by atoms with van der Waals surface area (Å²) in [6.45, 7) is 4.93. The van der Waals surface area contributed by atoms with E-state index in [4.69, 9.17) is 0 Å². The highest BCUT2D eigenvalue weighted by atomic mass is 16.2. The minimum atomic E-state index is -0.0165. The molecule has 1 saturated carbocycles. The Hall–Kier alpha value is -1.45. The smallest absolute Gasteiger partial charge is 0.315 e. The standard InChI is InChI=1S/C15H25N3O/c1-11-10-13(12(2)18(11)3)8-9-16-15(19)17-14-6-4-5-7-14/h10,14H,4-9H2,1-3H3,(H2,16,17,19). The number of hydrogen-bond acceptors (Lipinski definition) is 1. The summed E-state index contributed by atoms with van der Waals surface area (Å²) in [6, 6.07) is 2.57. The van der Waals surface area contributed by atoms with Crippen molar-refractivity contribution in [2.75, 3.05) is 6.54 Å². The lowest BCUT2D eigenvalue weighted by molar-refractivity contribution is 0.237. The number of urea groups is 1. The van der Waals surface area contributed by atoms with E-state index in [2.05, 4.69) is 42.2 Å². The van der Waals surface area contributed by atoms with Crippen molar-refractivity contribution >= 4 is 6.03 Å². The maximum Gasteiger partial charge on any atom is 0.315 e. The van der Waals surface area contributed by atoms with Crippen molar-refractivity contribution in [2.24, 2.45) is 7.05 Å². The van der Waals surface area contributed by atoms with Crippen LogP contribution in [0.2, 0.25) is 0 Å². The summed E-state index contributed by atoms with van der Waals surface area (Å²) in [5.74, 6) is 0. The second-order valence-corrected chi connectivity index (χ2v) is 5.59. The summed E-state index contributed by atoms with van der Waals surface area (Å²) < 4.78 is 2.19. The Morgan fingerprint density at radius 1 is 1.37 bits per heavy atom. The van der Waals surface area contributed by atoms with Gasteiger partial charge in [-0.05, 0) is 44.7 Å². The van der Waals surface area contributed by atoms with E-state index in [9.17, 15) is 4.79 Å². The summed E-state index contributed by atoms with van der Waals surface area (Å²) in [5, 5.41) is 6.00. The molecule has 4 nitrogen and oxygen atoms in total. The topological polar surface area (TPSA) is 46.1 Å². The maximum atomic E-state index is 11.7. The van der Waals surface area contributed by atoms with E-state index in [-0.39, 0.29) is 6.03 Å². The number of nitrogens with zero attached hydrogens (tertiary/aromatic N) is 1. The van der Waals surface area contributed by atoms with Gasteiger partial charge in [-0.25, -0.2) is 4.79 Å². The average Bonchev–Trinajstić information content (AvgIpc) is 2.95. The number of nitrogens with one attached hydrogen (secondary N) is 2. The van der Waals surface area contributed by atoms with Crippen molar-refractivity contribution in [3.05, 3.63) is 23.0 Å². The third-order valence-corrected chi connectivity index (χ3v) is 4.25. The molecule has 1 aromatic heterocycles. The molecule has 1 aliphatic carbocycles. The molecule has 2 N–H and O–H groups in total. The Kier molecular flexibility index (Phi) is 4.51. The van der Waals surface area contributed by atoms with Gasteiger partial charge in [-0.15, -0.1) is 0 Å². The van der Waals surface area contributed by atoms with Gasteiger partial charge in [0.2, 0.25) is 0 Å². The van der Waals surface area contributed by atoms with Gasteiger partial charge in [0, 0.05) is 31.0 Å². The summed E-state index contributed by atoms with van der Waals surface area (Å²) in [7, 11) is 2.08. The van der Waals surface area contributed by atoms with E-state index in [1.165, 1.54) is 29.8 Å². The first-order valence-electron chi connectivity index (χ1n) is 7.24. The van der Waals surface area contributed by atoms with Crippen LogP contribution in [0.3, 0.4) is 0 Å². The van der Waals surface area contributed by atoms with E-state index in [0.29, 0.717) is 12.6 Å². The molecule has 2 rings (SSSR count). The summed E-state index contributed by atoms with van der Waals surface area (Å²) in [4.78, 5) is 11.7. The fourth-order valence-corrected chi connectivity index (χ4v) is 2.80. The molecule has 0 unspecified atom stereocenters. The Morgan fingerprint density at radius 3 is 2.63 bits per heavy atom. The molecule has 0 spiro atoms. The third-order valence-electron chi connectivity index (χ3n) is 4.25. The van der Waals surface area contributed by atoms with Crippen molar-refractivity contribution in [3.8, 4) is 0 Å². The first kappa shape index (κ1) is 14.0. The fraction of sp³-hybridized carbons (Fsp3) is 0.667. The SMILES string of the molecule is Cc1cc(CCNC(=O)NC2CCCC2)c(C)n1C. The van der Waals surface area contributed by atoms with Crippen LogP contribution in [0.15, 0.2) is 6.07 Å². The lowest BCUT2D eigenvalue weighted by Gasteiger charge is -2.12. The Labute approximate surface area is 115 Å². The number of aryl methyl sites for hydroxylation is 1. The molecule has 1 heterocycles. The number of amides is 2. The van der Waals surface area contributed by atoms with Crippen LogP contribution in [0, 0.1) is 13.8 Å². The van der Waals surface area contributed by atoms with Crippen LogP contribution in [-0.4, -0.2) is 23.2 Å². The quantitative estimate of drug-likeness (QED) is 0.861. The predicted molar refractivity (Wildman–Crippen MR) is 77.4 cm³/mol. The zero-order valence-electron chi connectivity index (χ0n) is 12.3. The molecular weight excluding hydrogens is 238 g/mol. The Morgan fingerprint density at radius 2 is 2.05 bits per heavy atom. The maximum absolute atomic E-state index is 11.7. The lowest BCUT2D eigenvalue weighted by atomic mass is 10.2. The van der Waals surface area contributed by atoms with Gasteiger partial charge >= 0.3 is 6.03 Å². The van der Waals surface area contributed by atoms with Crippen LogP contribution in [0.5, 0.6) is 0 Å². The van der Waals surface area contributed by atoms with Crippen molar-refractivity contribution in [2.45, 2.75) is 52.0 Å². The highest BCUT2D eigenvalue weighted by Crippen LogP contribution is 2.17. The molecule has 0 saturated heterocycles. The van der Waals surface area contributed by atoms with Crippen LogP contribution < -0.4 is 10.6 Å². The van der Waals surface area contributed by atoms with Crippen LogP contribution in [0.25, 0.3) is 0 Å². The zero-order valence-corrected chi connectivity index (χ0v) is 12.3. The zero-order chi connectivity index (χ0) is 13.8. The van der Waals surface area contributed by atoms with Crippen molar-refractivity contribution < 1.29 is 4.79 Å². The lowest BCUT2D eigenvalue weighted by Crippen LogP contribution is -2.41. The van der Waals surface area contributed by atoms with E-state index in [0.717, 1.165) is 19.3 Å². The second kappa shape index (κ2) is 6.13. The van der Waals surface area contributed by atoms with E-state index >= 15 is 0 Å². The molecule has 106 valence electrons. The summed E-state index contributed by atoms with van der Waals surface area (Å²) in [6.07, 6.45) is 5.64. The van der Waals surface area contributed by atoms with Gasteiger partial charge in [-0.3, -0.25) is 0 Å². The van der Waals surface area contributed by atoms with Gasteiger partial charge in [-0.1, -0.05) is 12.8 Å². The summed E-state index contributed by atoms with van der Waals surface area (Å²) >= 11 is 0. The van der Waals surface area contributed by atoms with E-state index in [1.54, 1.807) is 0 Å². The van der Waals surface area contributed by atoms with Gasteiger partial charge in [0.1, 0.15) is 0 Å². The van der Waals surface area contributed by atoms with E-state index in [1.807, 2.05) is 0 Å². The number of rotatable bonds is 4. The summed E-state index contributed by atoms with van der Waals surface area (Å²) in [5.41, 5.74) is 3.87. The van der Waals surface area contributed by atoms with Crippen molar-refractivity contribution in [1.82, 2.24) is 15.2 Å². The molecule has 0 aliphatic heterocycles. The van der Waals surface area contributed by atoms with E-state index < -0.39 is 0 Å². The van der Waals surface area contributed by atoms with Crippen molar-refractivity contribution in [3.63, 3.8) is 0 Å². The average molecular weight is 263 g/mol. The Balaban J connectivity index is 1.73. The molecule has 2 amide bonds.